The van der Waals surface area contributed by atoms with E-state index in [0.29, 0.717) is 17.2 Å². The molecule has 0 bridgehead atoms. The van der Waals surface area contributed by atoms with Crippen LogP contribution in [0.3, 0.4) is 0 Å². The lowest BCUT2D eigenvalue weighted by Crippen LogP contribution is -2.22. The lowest BCUT2D eigenvalue weighted by Gasteiger charge is -2.26. The van der Waals surface area contributed by atoms with Gasteiger partial charge in [0.15, 0.2) is 0 Å². The first-order valence-electron chi connectivity index (χ1n) is 8.09. The minimum Gasteiger partial charge on any atom is -0.381 e. The van der Waals surface area contributed by atoms with E-state index in [0.717, 1.165) is 44.5 Å². The summed E-state index contributed by atoms with van der Waals surface area (Å²) in [6.07, 6.45) is 6.09. The van der Waals surface area contributed by atoms with Crippen molar-refractivity contribution in [2.45, 2.75) is 49.8 Å². The molecule has 1 aliphatic heterocycles. The number of ketones is 1. The van der Waals surface area contributed by atoms with Crippen molar-refractivity contribution in [2.24, 2.45) is 5.92 Å². The van der Waals surface area contributed by atoms with Crippen LogP contribution in [-0.4, -0.2) is 25.3 Å². The van der Waals surface area contributed by atoms with E-state index >= 15 is 0 Å². The summed E-state index contributed by atoms with van der Waals surface area (Å²) >= 11 is 1.39. The standard InChI is InChI=1S/C18H25FO2S/c1-3-4-17(20)15(11-13-7-9-21-10-8-13)14-5-6-18(22-2)16(19)12-14/h5-6,12-13,15H,3-4,7-11H2,1-2H3. The van der Waals surface area contributed by atoms with Gasteiger partial charge in [-0.05, 0) is 55.6 Å². The summed E-state index contributed by atoms with van der Waals surface area (Å²) in [7, 11) is 0. The van der Waals surface area contributed by atoms with Crippen LogP contribution < -0.4 is 0 Å². The Hall–Kier alpha value is -0.870. The zero-order valence-corrected chi connectivity index (χ0v) is 14.3. The molecule has 0 aromatic heterocycles. The van der Waals surface area contributed by atoms with E-state index in [2.05, 4.69) is 0 Å². The molecule has 1 unspecified atom stereocenters. The SMILES string of the molecule is CCCC(=O)C(CC1CCOCC1)c1ccc(SC)c(F)c1. The molecule has 1 aromatic carbocycles. The number of carbonyl (C=O) groups is 1. The summed E-state index contributed by atoms with van der Waals surface area (Å²) in [4.78, 5) is 13.2. The molecule has 22 heavy (non-hydrogen) atoms. The number of hydrogen-bond acceptors (Lipinski definition) is 3. The van der Waals surface area contributed by atoms with Gasteiger partial charge >= 0.3 is 0 Å². The van der Waals surface area contributed by atoms with E-state index in [1.54, 1.807) is 12.1 Å². The second-order valence-corrected chi connectivity index (χ2v) is 6.80. The molecule has 1 aliphatic rings. The summed E-state index contributed by atoms with van der Waals surface area (Å²) in [5, 5.41) is 0. The summed E-state index contributed by atoms with van der Waals surface area (Å²) in [6, 6.07) is 5.28. The van der Waals surface area contributed by atoms with E-state index < -0.39 is 0 Å². The maximum atomic E-state index is 14.1. The number of Topliss-reactive ketones (excluding diaryl/α,β-unsaturated/α-hetero) is 1. The number of carbonyl (C=O) groups excluding carboxylic acids is 1. The van der Waals surface area contributed by atoms with Crippen LogP contribution in [0.5, 0.6) is 0 Å². The Morgan fingerprint density at radius 2 is 2.14 bits per heavy atom. The fourth-order valence-electron chi connectivity index (χ4n) is 3.09. The monoisotopic (exact) mass is 324 g/mol. The Morgan fingerprint density at radius 3 is 2.73 bits per heavy atom. The lowest BCUT2D eigenvalue weighted by molar-refractivity contribution is -0.121. The van der Waals surface area contributed by atoms with Crippen molar-refractivity contribution in [1.29, 1.82) is 0 Å². The van der Waals surface area contributed by atoms with Crippen LogP contribution in [0, 0.1) is 11.7 Å². The predicted octanol–water partition coefficient (Wildman–Crippen LogP) is 4.82. The molecule has 1 heterocycles. The highest BCUT2D eigenvalue weighted by Gasteiger charge is 2.26. The van der Waals surface area contributed by atoms with Crippen molar-refractivity contribution in [2.75, 3.05) is 19.5 Å². The Balaban J connectivity index is 2.19. The molecule has 0 radical (unpaired) electrons. The van der Waals surface area contributed by atoms with Gasteiger partial charge in [-0.25, -0.2) is 4.39 Å². The van der Waals surface area contributed by atoms with Gasteiger partial charge in [0.25, 0.3) is 0 Å². The van der Waals surface area contributed by atoms with Gasteiger partial charge < -0.3 is 4.74 Å². The van der Waals surface area contributed by atoms with Crippen LogP contribution in [0.25, 0.3) is 0 Å². The number of ether oxygens (including phenoxy) is 1. The van der Waals surface area contributed by atoms with Gasteiger partial charge in [0.2, 0.25) is 0 Å². The first kappa shape index (κ1) is 17.5. The van der Waals surface area contributed by atoms with Crippen molar-refractivity contribution < 1.29 is 13.9 Å². The Morgan fingerprint density at radius 1 is 1.41 bits per heavy atom. The van der Waals surface area contributed by atoms with Crippen molar-refractivity contribution >= 4 is 17.5 Å². The minimum absolute atomic E-state index is 0.173. The van der Waals surface area contributed by atoms with Gasteiger partial charge in [0, 0.05) is 30.4 Å². The van der Waals surface area contributed by atoms with Gasteiger partial charge in [0.05, 0.1) is 0 Å². The quantitative estimate of drug-likeness (QED) is 0.673. The van der Waals surface area contributed by atoms with Gasteiger partial charge in [-0.3, -0.25) is 4.79 Å². The van der Waals surface area contributed by atoms with Crippen molar-refractivity contribution in [3.63, 3.8) is 0 Å². The second kappa shape index (κ2) is 8.68. The molecule has 1 fully saturated rings. The van der Waals surface area contributed by atoms with E-state index in [1.165, 1.54) is 11.8 Å². The highest BCUT2D eigenvalue weighted by atomic mass is 32.2. The van der Waals surface area contributed by atoms with E-state index in [9.17, 15) is 9.18 Å². The summed E-state index contributed by atoms with van der Waals surface area (Å²) in [6.45, 7) is 3.57. The second-order valence-electron chi connectivity index (χ2n) is 5.95. The highest BCUT2D eigenvalue weighted by Crippen LogP contribution is 2.33. The first-order chi connectivity index (χ1) is 10.7. The summed E-state index contributed by atoms with van der Waals surface area (Å²) in [5.41, 5.74) is 0.834. The Bertz CT molecular complexity index is 498. The maximum Gasteiger partial charge on any atom is 0.140 e. The largest absolute Gasteiger partial charge is 0.381 e. The zero-order chi connectivity index (χ0) is 15.9. The van der Waals surface area contributed by atoms with Crippen LogP contribution in [0.1, 0.15) is 50.5 Å². The van der Waals surface area contributed by atoms with Crippen LogP contribution >= 0.6 is 11.8 Å². The fourth-order valence-corrected chi connectivity index (χ4v) is 3.55. The molecule has 4 heteroatoms. The van der Waals surface area contributed by atoms with E-state index in [-0.39, 0.29) is 17.5 Å². The van der Waals surface area contributed by atoms with Crippen LogP contribution in [0.4, 0.5) is 4.39 Å². The van der Waals surface area contributed by atoms with Gasteiger partial charge in [-0.15, -0.1) is 11.8 Å². The Kier molecular flexibility index (Phi) is 6.90. The number of thioether (sulfide) groups is 1. The topological polar surface area (TPSA) is 26.3 Å². The molecule has 0 aliphatic carbocycles. The predicted molar refractivity (Wildman–Crippen MR) is 89.0 cm³/mol. The molecular formula is C18H25FO2S. The minimum atomic E-state index is -0.216. The van der Waals surface area contributed by atoms with Crippen molar-refractivity contribution in [3.05, 3.63) is 29.6 Å². The number of halogens is 1. The molecule has 0 saturated carbocycles. The number of hydrogen-bond donors (Lipinski definition) is 0. The average molecular weight is 324 g/mol. The van der Waals surface area contributed by atoms with Crippen molar-refractivity contribution in [3.8, 4) is 0 Å². The molecule has 1 atom stereocenters. The van der Waals surface area contributed by atoms with Crippen LogP contribution in [-0.2, 0) is 9.53 Å². The average Bonchev–Trinajstić information content (AvgIpc) is 2.53. The molecule has 1 saturated heterocycles. The summed E-state index contributed by atoms with van der Waals surface area (Å²) in [5.74, 6) is 0.355. The van der Waals surface area contributed by atoms with Crippen LogP contribution in [0.15, 0.2) is 23.1 Å². The van der Waals surface area contributed by atoms with E-state index in [1.807, 2.05) is 19.2 Å². The van der Waals surface area contributed by atoms with E-state index in [4.69, 9.17) is 4.74 Å². The van der Waals surface area contributed by atoms with Gasteiger partial charge in [-0.1, -0.05) is 13.0 Å². The molecule has 0 amide bonds. The third-order valence-electron chi connectivity index (χ3n) is 4.37. The van der Waals surface area contributed by atoms with Crippen molar-refractivity contribution in [1.82, 2.24) is 0 Å². The summed E-state index contributed by atoms with van der Waals surface area (Å²) < 4.78 is 19.5. The first-order valence-corrected chi connectivity index (χ1v) is 9.32. The molecule has 2 nitrogen and oxygen atoms in total. The molecule has 0 N–H and O–H groups in total. The van der Waals surface area contributed by atoms with Crippen LogP contribution in [0.2, 0.25) is 0 Å². The number of benzene rings is 1. The van der Waals surface area contributed by atoms with Gasteiger partial charge in [0.1, 0.15) is 11.6 Å². The fraction of sp³-hybridized carbons (Fsp3) is 0.611. The zero-order valence-electron chi connectivity index (χ0n) is 13.4. The normalized spacial score (nSPS) is 17.4. The lowest BCUT2D eigenvalue weighted by atomic mass is 9.81. The Labute approximate surface area is 136 Å². The number of rotatable bonds is 7. The maximum absolute atomic E-state index is 14.1. The van der Waals surface area contributed by atoms with Gasteiger partial charge in [-0.2, -0.15) is 0 Å². The smallest absolute Gasteiger partial charge is 0.140 e. The molecule has 0 spiro atoms. The third kappa shape index (κ3) is 4.56. The third-order valence-corrected chi connectivity index (χ3v) is 5.14. The molecular weight excluding hydrogens is 299 g/mol. The molecule has 2 rings (SSSR count). The molecule has 1 aromatic rings. The highest BCUT2D eigenvalue weighted by molar-refractivity contribution is 7.98. The molecule has 122 valence electrons.